The molecule has 33 heavy (non-hydrogen) atoms. The van der Waals surface area contributed by atoms with Crippen LogP contribution >= 0.6 is 0 Å². The van der Waals surface area contributed by atoms with Gasteiger partial charge in [0, 0.05) is 19.7 Å². The summed E-state index contributed by atoms with van der Waals surface area (Å²) < 4.78 is 44.2. The Hall–Kier alpha value is -2.62. The maximum atomic E-state index is 13.0. The summed E-state index contributed by atoms with van der Waals surface area (Å²) in [6.07, 6.45) is 3.29. The Kier molecular flexibility index (Phi) is 7.52. The van der Waals surface area contributed by atoms with Crippen LogP contribution in [-0.2, 0) is 26.1 Å². The Morgan fingerprint density at radius 3 is 2.67 bits per heavy atom. The molecule has 0 radical (unpaired) electrons. The number of amides is 1. The van der Waals surface area contributed by atoms with Crippen molar-refractivity contribution in [1.29, 1.82) is 0 Å². The van der Waals surface area contributed by atoms with E-state index in [0.29, 0.717) is 37.5 Å². The predicted molar refractivity (Wildman–Crippen MR) is 123 cm³/mol. The molecule has 0 aliphatic carbocycles. The molecule has 8 nitrogen and oxygen atoms in total. The second kappa shape index (κ2) is 10.5. The molecule has 1 amide bonds. The summed E-state index contributed by atoms with van der Waals surface area (Å²) in [5.74, 6) is 0.901. The normalized spacial score (nSPS) is 21.1. The van der Waals surface area contributed by atoms with E-state index in [1.165, 1.54) is 4.31 Å². The highest BCUT2D eigenvalue weighted by Gasteiger charge is 2.39. The first-order chi connectivity index (χ1) is 16.0. The molecular formula is C24H30N2O6S. The average molecular weight is 475 g/mol. The highest BCUT2D eigenvalue weighted by Crippen LogP contribution is 2.29. The molecule has 1 N–H and O–H groups in total. The van der Waals surface area contributed by atoms with Gasteiger partial charge in [-0.2, -0.15) is 4.31 Å². The Bertz CT molecular complexity index is 1050. The quantitative estimate of drug-likeness (QED) is 0.601. The second-order valence-corrected chi connectivity index (χ2v) is 10.1. The van der Waals surface area contributed by atoms with Gasteiger partial charge in [-0.25, -0.2) is 8.42 Å². The predicted octanol–water partition coefficient (Wildman–Crippen LogP) is 2.72. The lowest BCUT2D eigenvalue weighted by atomic mass is 10.1. The third-order valence-corrected chi connectivity index (χ3v) is 7.92. The van der Waals surface area contributed by atoms with Gasteiger partial charge in [0.2, 0.25) is 15.9 Å². The van der Waals surface area contributed by atoms with Gasteiger partial charge in [-0.3, -0.25) is 4.79 Å². The van der Waals surface area contributed by atoms with Crippen LogP contribution in [0.15, 0.2) is 53.4 Å². The number of hydrogen-bond donors (Lipinski definition) is 1. The number of nitrogens with one attached hydrogen (secondary N) is 1. The molecule has 2 aliphatic heterocycles. The van der Waals surface area contributed by atoms with Gasteiger partial charge in [-0.1, -0.05) is 24.3 Å². The smallest absolute Gasteiger partial charge is 0.243 e. The number of carbonyl (C=O) groups is 1. The fraction of sp³-hybridized carbons (Fsp3) is 0.458. The maximum absolute atomic E-state index is 13.0. The standard InChI is InChI=1S/C24H30N2O6S/c1-30-23-15-18(11-12-22(23)32-17-19-7-6-14-31-19)16-25-24(27)21-10-5-13-26(21)33(28,29)20-8-3-2-4-9-20/h2-4,8-9,11-12,15,19,21H,5-7,10,13-14,16-17H2,1H3,(H,25,27). The lowest BCUT2D eigenvalue weighted by molar-refractivity contribution is -0.124. The first-order valence-electron chi connectivity index (χ1n) is 11.2. The molecule has 0 saturated carbocycles. The first-order valence-corrected chi connectivity index (χ1v) is 12.7. The van der Waals surface area contributed by atoms with Crippen LogP contribution in [-0.4, -0.2) is 57.6 Å². The van der Waals surface area contributed by atoms with Crippen LogP contribution in [0, 0.1) is 0 Å². The van der Waals surface area contributed by atoms with E-state index in [0.717, 1.165) is 25.0 Å². The fourth-order valence-corrected chi connectivity index (χ4v) is 5.90. The molecule has 2 heterocycles. The molecule has 0 bridgehead atoms. The fourth-order valence-electron chi connectivity index (χ4n) is 4.22. The number of rotatable bonds is 9. The molecule has 9 heteroatoms. The van der Waals surface area contributed by atoms with E-state index in [4.69, 9.17) is 14.2 Å². The van der Waals surface area contributed by atoms with Crippen molar-refractivity contribution >= 4 is 15.9 Å². The molecule has 2 saturated heterocycles. The molecule has 2 aromatic rings. The van der Waals surface area contributed by atoms with Crippen LogP contribution in [0.2, 0.25) is 0 Å². The summed E-state index contributed by atoms with van der Waals surface area (Å²) in [6.45, 7) is 1.84. The number of methoxy groups -OCH3 is 1. The van der Waals surface area contributed by atoms with Crippen molar-refractivity contribution in [1.82, 2.24) is 9.62 Å². The highest BCUT2D eigenvalue weighted by molar-refractivity contribution is 7.89. The van der Waals surface area contributed by atoms with E-state index in [-0.39, 0.29) is 23.5 Å². The SMILES string of the molecule is COc1cc(CNC(=O)C2CCCN2S(=O)(=O)c2ccccc2)ccc1OCC1CCCO1. The van der Waals surface area contributed by atoms with Crippen molar-refractivity contribution in [3.05, 3.63) is 54.1 Å². The van der Waals surface area contributed by atoms with Crippen LogP contribution in [0.25, 0.3) is 0 Å². The molecule has 2 atom stereocenters. The van der Waals surface area contributed by atoms with E-state index >= 15 is 0 Å². The van der Waals surface area contributed by atoms with Crippen LogP contribution in [0.1, 0.15) is 31.2 Å². The average Bonchev–Trinajstić information content (AvgIpc) is 3.54. The van der Waals surface area contributed by atoms with Gasteiger partial charge in [0.25, 0.3) is 0 Å². The molecular weight excluding hydrogens is 444 g/mol. The Balaban J connectivity index is 1.37. The van der Waals surface area contributed by atoms with E-state index in [1.807, 2.05) is 18.2 Å². The number of nitrogens with zero attached hydrogens (tertiary/aromatic N) is 1. The van der Waals surface area contributed by atoms with Crippen LogP contribution in [0.5, 0.6) is 11.5 Å². The minimum Gasteiger partial charge on any atom is -0.493 e. The second-order valence-electron chi connectivity index (χ2n) is 8.24. The van der Waals surface area contributed by atoms with Crippen molar-refractivity contribution in [2.45, 2.75) is 49.3 Å². The summed E-state index contributed by atoms with van der Waals surface area (Å²) in [5, 5.41) is 2.88. The summed E-state index contributed by atoms with van der Waals surface area (Å²) in [6, 6.07) is 13.0. The summed E-state index contributed by atoms with van der Waals surface area (Å²) >= 11 is 0. The molecule has 0 spiro atoms. The van der Waals surface area contributed by atoms with E-state index < -0.39 is 16.1 Å². The maximum Gasteiger partial charge on any atom is 0.243 e. The molecule has 0 aromatic heterocycles. The lowest BCUT2D eigenvalue weighted by Crippen LogP contribution is -2.45. The molecule has 2 fully saturated rings. The van der Waals surface area contributed by atoms with Crippen molar-refractivity contribution in [2.24, 2.45) is 0 Å². The van der Waals surface area contributed by atoms with Gasteiger partial charge in [0.05, 0.1) is 18.1 Å². The Labute approximate surface area is 194 Å². The molecule has 4 rings (SSSR count). The van der Waals surface area contributed by atoms with Crippen LogP contribution < -0.4 is 14.8 Å². The van der Waals surface area contributed by atoms with Crippen molar-refractivity contribution in [2.75, 3.05) is 26.9 Å². The summed E-state index contributed by atoms with van der Waals surface area (Å²) in [5.41, 5.74) is 0.833. The molecule has 2 aliphatic rings. The number of ether oxygens (including phenoxy) is 3. The van der Waals surface area contributed by atoms with Gasteiger partial charge in [0.1, 0.15) is 12.6 Å². The highest BCUT2D eigenvalue weighted by atomic mass is 32.2. The zero-order valence-electron chi connectivity index (χ0n) is 18.7. The lowest BCUT2D eigenvalue weighted by Gasteiger charge is -2.23. The van der Waals surface area contributed by atoms with E-state index in [2.05, 4.69) is 5.32 Å². The monoisotopic (exact) mass is 474 g/mol. The van der Waals surface area contributed by atoms with E-state index in [9.17, 15) is 13.2 Å². The first kappa shape index (κ1) is 23.5. The molecule has 2 unspecified atom stereocenters. The minimum absolute atomic E-state index is 0.107. The Morgan fingerprint density at radius 1 is 1.12 bits per heavy atom. The molecule has 2 aromatic carbocycles. The van der Waals surface area contributed by atoms with Gasteiger partial charge >= 0.3 is 0 Å². The number of benzene rings is 2. The zero-order valence-corrected chi connectivity index (χ0v) is 19.6. The minimum atomic E-state index is -3.72. The number of sulfonamides is 1. The largest absolute Gasteiger partial charge is 0.493 e. The van der Waals surface area contributed by atoms with Gasteiger partial charge in [0.15, 0.2) is 11.5 Å². The topological polar surface area (TPSA) is 94.2 Å². The van der Waals surface area contributed by atoms with Gasteiger partial charge < -0.3 is 19.5 Å². The van der Waals surface area contributed by atoms with Crippen LogP contribution in [0.3, 0.4) is 0 Å². The van der Waals surface area contributed by atoms with Crippen molar-refractivity contribution in [3.8, 4) is 11.5 Å². The molecule has 178 valence electrons. The number of carbonyl (C=O) groups excluding carboxylic acids is 1. The van der Waals surface area contributed by atoms with E-state index in [1.54, 1.807) is 37.4 Å². The van der Waals surface area contributed by atoms with Gasteiger partial charge in [-0.05, 0) is 55.5 Å². The Morgan fingerprint density at radius 2 is 1.94 bits per heavy atom. The van der Waals surface area contributed by atoms with Gasteiger partial charge in [-0.15, -0.1) is 0 Å². The van der Waals surface area contributed by atoms with Crippen LogP contribution in [0.4, 0.5) is 0 Å². The van der Waals surface area contributed by atoms with Crippen molar-refractivity contribution < 1.29 is 27.4 Å². The summed E-state index contributed by atoms with van der Waals surface area (Å²) in [4.78, 5) is 13.1. The summed E-state index contributed by atoms with van der Waals surface area (Å²) in [7, 11) is -2.15. The zero-order chi connectivity index (χ0) is 23.3. The number of hydrogen-bond acceptors (Lipinski definition) is 6. The van der Waals surface area contributed by atoms with Crippen molar-refractivity contribution in [3.63, 3.8) is 0 Å². The third-order valence-electron chi connectivity index (χ3n) is 6.00. The third kappa shape index (κ3) is 5.48.